The fraction of sp³-hybridized carbons (Fsp3) is 0.391. The van der Waals surface area contributed by atoms with Crippen LogP contribution in [0.5, 0.6) is 0 Å². The van der Waals surface area contributed by atoms with E-state index in [0.29, 0.717) is 24.2 Å². The van der Waals surface area contributed by atoms with E-state index in [1.807, 2.05) is 35.6 Å². The molecule has 0 unspecified atom stereocenters. The van der Waals surface area contributed by atoms with Crippen LogP contribution in [0.1, 0.15) is 53.0 Å². The number of fused-ring (bicyclic) bond motifs is 1. The first-order chi connectivity index (χ1) is 15.2. The van der Waals surface area contributed by atoms with Gasteiger partial charge in [-0.3, -0.25) is 19.1 Å². The first kappa shape index (κ1) is 22.3. The van der Waals surface area contributed by atoms with Crippen LogP contribution in [-0.2, 0) is 11.3 Å². The van der Waals surface area contributed by atoms with Crippen LogP contribution < -0.4 is 10.9 Å². The molecule has 8 nitrogen and oxygen atoms in total. The molecule has 2 aromatic heterocycles. The third-order valence-corrected chi connectivity index (χ3v) is 6.56. The molecule has 2 N–H and O–H groups in total. The molecule has 0 radical (unpaired) electrons. The molecular formula is C23H26BrN5O3. The van der Waals surface area contributed by atoms with Crippen LogP contribution in [0, 0.1) is 13.8 Å². The summed E-state index contributed by atoms with van der Waals surface area (Å²) in [4.78, 5) is 41.6. The van der Waals surface area contributed by atoms with Gasteiger partial charge < -0.3 is 15.2 Å². The number of carbonyl (C=O) groups excluding carboxylic acids is 2. The maximum atomic E-state index is 13.1. The van der Waals surface area contributed by atoms with Crippen molar-refractivity contribution >= 4 is 38.6 Å². The molecule has 0 spiro atoms. The topological polar surface area (TPSA) is 100 Å². The fourth-order valence-corrected chi connectivity index (χ4v) is 4.83. The lowest BCUT2D eigenvalue weighted by Crippen LogP contribution is -2.37. The Labute approximate surface area is 194 Å². The third kappa shape index (κ3) is 4.34. The van der Waals surface area contributed by atoms with E-state index in [9.17, 15) is 14.4 Å². The SMILES string of the molecule is CC(=O)N1CCC(n2ncc3c(C(=O)NCc4c(C)cc(C)[nH]c4=O)cc(Br)cc32)CC1. The summed E-state index contributed by atoms with van der Waals surface area (Å²) in [6.07, 6.45) is 3.36. The molecule has 0 aliphatic carbocycles. The maximum absolute atomic E-state index is 13.1. The molecule has 1 aromatic carbocycles. The maximum Gasteiger partial charge on any atom is 0.253 e. The molecule has 0 saturated carbocycles. The summed E-state index contributed by atoms with van der Waals surface area (Å²) in [7, 11) is 0. The Morgan fingerprint density at radius 3 is 2.59 bits per heavy atom. The van der Waals surface area contributed by atoms with Gasteiger partial charge in [-0.25, -0.2) is 0 Å². The zero-order valence-electron chi connectivity index (χ0n) is 18.4. The van der Waals surface area contributed by atoms with Crippen LogP contribution in [0.15, 0.2) is 33.7 Å². The standard InChI is InChI=1S/C23H26BrN5O3/c1-13-8-14(2)27-23(32)19(13)11-25-22(31)18-9-16(24)10-21-20(18)12-26-29(21)17-4-6-28(7-5-17)15(3)30/h8-10,12,17H,4-7,11H2,1-3H3,(H,25,31)(H,27,32). The minimum atomic E-state index is -0.262. The summed E-state index contributed by atoms with van der Waals surface area (Å²) < 4.78 is 2.74. The summed E-state index contributed by atoms with van der Waals surface area (Å²) in [6, 6.07) is 5.79. The normalized spacial score (nSPS) is 14.7. The predicted octanol–water partition coefficient (Wildman–Crippen LogP) is 3.22. The van der Waals surface area contributed by atoms with Crippen molar-refractivity contribution in [1.29, 1.82) is 0 Å². The largest absolute Gasteiger partial charge is 0.348 e. The molecule has 2 amide bonds. The average Bonchev–Trinajstić information content (AvgIpc) is 3.15. The van der Waals surface area contributed by atoms with Crippen LogP contribution in [-0.4, -0.2) is 44.6 Å². The van der Waals surface area contributed by atoms with Crippen molar-refractivity contribution in [1.82, 2.24) is 25.0 Å². The Morgan fingerprint density at radius 2 is 1.94 bits per heavy atom. The third-order valence-electron chi connectivity index (χ3n) is 6.10. The van der Waals surface area contributed by atoms with Gasteiger partial charge in [0.1, 0.15) is 0 Å². The van der Waals surface area contributed by atoms with Gasteiger partial charge in [-0.05, 0) is 50.5 Å². The second-order valence-corrected chi connectivity index (χ2v) is 9.25. The van der Waals surface area contributed by atoms with Crippen molar-refractivity contribution in [2.75, 3.05) is 13.1 Å². The molecule has 0 atom stereocenters. The summed E-state index contributed by atoms with van der Waals surface area (Å²) >= 11 is 3.52. The van der Waals surface area contributed by atoms with Crippen molar-refractivity contribution in [2.45, 2.75) is 46.2 Å². The summed E-state index contributed by atoms with van der Waals surface area (Å²) in [5.41, 5.74) is 3.36. The highest BCUT2D eigenvalue weighted by molar-refractivity contribution is 9.10. The van der Waals surface area contributed by atoms with Gasteiger partial charge in [-0.15, -0.1) is 0 Å². The minimum absolute atomic E-state index is 0.0955. The smallest absolute Gasteiger partial charge is 0.253 e. The molecule has 3 heterocycles. The van der Waals surface area contributed by atoms with Gasteiger partial charge in [0.2, 0.25) is 5.91 Å². The van der Waals surface area contributed by atoms with Gasteiger partial charge in [-0.2, -0.15) is 5.10 Å². The van der Waals surface area contributed by atoms with Gasteiger partial charge in [-0.1, -0.05) is 15.9 Å². The zero-order chi connectivity index (χ0) is 23.0. The van der Waals surface area contributed by atoms with Crippen LogP contribution >= 0.6 is 15.9 Å². The van der Waals surface area contributed by atoms with Crippen LogP contribution in [0.2, 0.25) is 0 Å². The number of nitrogens with one attached hydrogen (secondary N) is 2. The highest BCUT2D eigenvalue weighted by Gasteiger charge is 2.25. The van der Waals surface area contributed by atoms with E-state index in [1.54, 1.807) is 19.2 Å². The number of aryl methyl sites for hydroxylation is 2. The number of carbonyl (C=O) groups is 2. The van der Waals surface area contributed by atoms with E-state index in [0.717, 1.165) is 39.5 Å². The Hall–Kier alpha value is -2.94. The second kappa shape index (κ2) is 8.90. The minimum Gasteiger partial charge on any atom is -0.348 e. The number of halogens is 1. The van der Waals surface area contributed by atoms with Crippen LogP contribution in [0.3, 0.4) is 0 Å². The molecular weight excluding hydrogens is 474 g/mol. The first-order valence-corrected chi connectivity index (χ1v) is 11.4. The fourth-order valence-electron chi connectivity index (χ4n) is 4.38. The van der Waals surface area contributed by atoms with Crippen molar-refractivity contribution in [2.24, 2.45) is 0 Å². The van der Waals surface area contributed by atoms with E-state index in [4.69, 9.17) is 0 Å². The lowest BCUT2D eigenvalue weighted by Gasteiger charge is -2.31. The van der Waals surface area contributed by atoms with Crippen molar-refractivity contribution in [3.8, 4) is 0 Å². The van der Waals surface area contributed by atoms with E-state index in [1.165, 1.54) is 0 Å². The van der Waals surface area contributed by atoms with Gasteiger partial charge in [0, 0.05) is 47.7 Å². The molecule has 1 fully saturated rings. The second-order valence-electron chi connectivity index (χ2n) is 8.34. The van der Waals surface area contributed by atoms with Crippen LogP contribution in [0.4, 0.5) is 0 Å². The molecule has 0 bridgehead atoms. The monoisotopic (exact) mass is 499 g/mol. The number of hydrogen-bond acceptors (Lipinski definition) is 4. The number of amides is 2. The summed E-state index contributed by atoms with van der Waals surface area (Å²) in [6.45, 7) is 6.84. The van der Waals surface area contributed by atoms with Gasteiger partial charge in [0.15, 0.2) is 0 Å². The molecule has 1 saturated heterocycles. The number of rotatable bonds is 4. The van der Waals surface area contributed by atoms with E-state index < -0.39 is 0 Å². The number of pyridine rings is 1. The van der Waals surface area contributed by atoms with Crippen LogP contribution in [0.25, 0.3) is 10.9 Å². The molecule has 3 aromatic rings. The van der Waals surface area contributed by atoms with Gasteiger partial charge >= 0.3 is 0 Å². The molecule has 1 aliphatic rings. The number of H-pyrrole nitrogens is 1. The van der Waals surface area contributed by atoms with Crippen molar-refractivity contribution in [3.05, 3.63) is 61.6 Å². The average molecular weight is 500 g/mol. The molecule has 168 valence electrons. The first-order valence-electron chi connectivity index (χ1n) is 10.6. The predicted molar refractivity (Wildman–Crippen MR) is 126 cm³/mol. The highest BCUT2D eigenvalue weighted by Crippen LogP contribution is 2.30. The van der Waals surface area contributed by atoms with Crippen molar-refractivity contribution < 1.29 is 9.59 Å². The Bertz CT molecular complexity index is 1250. The zero-order valence-corrected chi connectivity index (χ0v) is 20.0. The summed E-state index contributed by atoms with van der Waals surface area (Å²) in [5.74, 6) is -0.167. The molecule has 1 aliphatic heterocycles. The molecule has 32 heavy (non-hydrogen) atoms. The number of hydrogen-bond donors (Lipinski definition) is 2. The number of likely N-dealkylation sites (tertiary alicyclic amines) is 1. The van der Waals surface area contributed by atoms with E-state index in [-0.39, 0.29) is 30.0 Å². The number of aromatic nitrogens is 3. The Balaban J connectivity index is 1.58. The Kier molecular flexibility index (Phi) is 6.19. The number of piperidine rings is 1. The lowest BCUT2D eigenvalue weighted by molar-refractivity contribution is -0.130. The molecule has 4 rings (SSSR count). The number of aromatic amines is 1. The molecule has 9 heteroatoms. The lowest BCUT2D eigenvalue weighted by atomic mass is 10.0. The Morgan fingerprint density at radius 1 is 1.22 bits per heavy atom. The quantitative estimate of drug-likeness (QED) is 0.575. The summed E-state index contributed by atoms with van der Waals surface area (Å²) in [5, 5.41) is 8.23. The van der Waals surface area contributed by atoms with E-state index >= 15 is 0 Å². The van der Waals surface area contributed by atoms with Gasteiger partial charge in [0.05, 0.1) is 23.3 Å². The van der Waals surface area contributed by atoms with Crippen molar-refractivity contribution in [3.63, 3.8) is 0 Å². The van der Waals surface area contributed by atoms with Gasteiger partial charge in [0.25, 0.3) is 11.5 Å². The number of nitrogens with zero attached hydrogens (tertiary/aromatic N) is 3. The number of benzene rings is 1. The highest BCUT2D eigenvalue weighted by atomic mass is 79.9. The van der Waals surface area contributed by atoms with E-state index in [2.05, 4.69) is 31.3 Å².